The van der Waals surface area contributed by atoms with Crippen molar-refractivity contribution in [2.75, 3.05) is 24.6 Å². The van der Waals surface area contributed by atoms with Gasteiger partial charge in [-0.1, -0.05) is 59.8 Å². The lowest BCUT2D eigenvalue weighted by Crippen LogP contribution is -2.11. The van der Waals surface area contributed by atoms with Crippen LogP contribution in [0.5, 0.6) is 0 Å². The third-order valence-electron chi connectivity index (χ3n) is 4.33. The zero-order valence-corrected chi connectivity index (χ0v) is 15.2. The molecule has 0 heterocycles. The van der Waals surface area contributed by atoms with Gasteiger partial charge in [0.1, 0.15) is 0 Å². The van der Waals surface area contributed by atoms with E-state index in [0.717, 1.165) is 0 Å². The molecule has 1 heteroatoms. The van der Waals surface area contributed by atoms with Gasteiger partial charge < -0.3 is 0 Å². The van der Waals surface area contributed by atoms with E-state index >= 15 is 0 Å². The van der Waals surface area contributed by atoms with E-state index in [0.29, 0.717) is 0 Å². The molecule has 0 amide bonds. The summed E-state index contributed by atoms with van der Waals surface area (Å²) in [5, 5.41) is 0. The maximum Gasteiger partial charge on any atom is 0.0594 e. The van der Waals surface area contributed by atoms with E-state index in [9.17, 15) is 0 Å². The molecule has 116 valence electrons. The van der Waals surface area contributed by atoms with Crippen molar-refractivity contribution in [1.29, 1.82) is 0 Å². The van der Waals surface area contributed by atoms with Crippen LogP contribution in [-0.4, -0.2) is 24.6 Å². The highest BCUT2D eigenvalue weighted by molar-refractivity contribution is 7.75. The minimum absolute atomic E-state index is 0.558. The summed E-state index contributed by atoms with van der Waals surface area (Å²) in [5.74, 6) is 0. The SMILES string of the molecule is CCCCCCCCC[P+](CCC)(CCC)CCC. The van der Waals surface area contributed by atoms with Crippen LogP contribution in [0.2, 0.25) is 0 Å². The molecule has 0 aliphatic carbocycles. The lowest BCUT2D eigenvalue weighted by atomic mass is 10.1. The summed E-state index contributed by atoms with van der Waals surface area (Å²) in [6.07, 6.45) is 20.9. The molecule has 0 saturated heterocycles. The molecule has 0 aliphatic heterocycles. The first-order chi connectivity index (χ1) is 9.24. The van der Waals surface area contributed by atoms with Gasteiger partial charge in [0.2, 0.25) is 0 Å². The summed E-state index contributed by atoms with van der Waals surface area (Å²) in [5.41, 5.74) is 0. The Morgan fingerprint density at radius 2 is 0.842 bits per heavy atom. The zero-order chi connectivity index (χ0) is 14.4. The number of hydrogen-bond acceptors (Lipinski definition) is 0. The normalized spacial score (nSPS) is 12.0. The first kappa shape index (κ1) is 19.4. The van der Waals surface area contributed by atoms with Crippen molar-refractivity contribution in [3.05, 3.63) is 0 Å². The number of unbranched alkanes of at least 4 members (excludes halogenated alkanes) is 6. The summed E-state index contributed by atoms with van der Waals surface area (Å²) in [6.45, 7) is 9.49. The van der Waals surface area contributed by atoms with Gasteiger partial charge in [0.05, 0.1) is 24.6 Å². The molecule has 0 bridgehead atoms. The van der Waals surface area contributed by atoms with Crippen LogP contribution >= 0.6 is 7.26 Å². The van der Waals surface area contributed by atoms with Gasteiger partial charge in [-0.2, -0.15) is 0 Å². The molecule has 0 N–H and O–H groups in total. The highest BCUT2D eigenvalue weighted by atomic mass is 31.2. The molecule has 0 radical (unpaired) electrons. The van der Waals surface area contributed by atoms with Crippen LogP contribution in [0, 0.1) is 0 Å². The monoisotopic (exact) mass is 287 g/mol. The minimum Gasteiger partial charge on any atom is -0.0654 e. The van der Waals surface area contributed by atoms with Gasteiger partial charge in [-0.3, -0.25) is 0 Å². The number of hydrogen-bond donors (Lipinski definition) is 0. The summed E-state index contributed by atoms with van der Waals surface area (Å²) in [4.78, 5) is 0. The fraction of sp³-hybridized carbons (Fsp3) is 1.00. The third-order valence-corrected chi connectivity index (χ3v) is 9.78. The van der Waals surface area contributed by atoms with Crippen molar-refractivity contribution >= 4 is 7.26 Å². The molecule has 0 aromatic carbocycles. The van der Waals surface area contributed by atoms with Crippen molar-refractivity contribution < 1.29 is 0 Å². The molecule has 0 rings (SSSR count). The van der Waals surface area contributed by atoms with E-state index in [2.05, 4.69) is 27.7 Å². The van der Waals surface area contributed by atoms with Crippen molar-refractivity contribution in [3.8, 4) is 0 Å². The van der Waals surface area contributed by atoms with E-state index in [1.54, 1.807) is 24.6 Å². The summed E-state index contributed by atoms with van der Waals surface area (Å²) in [7, 11) is -0.558. The fourth-order valence-corrected chi connectivity index (χ4v) is 8.58. The highest BCUT2D eigenvalue weighted by Gasteiger charge is 2.33. The predicted octanol–water partition coefficient (Wildman–Crippen LogP) is 6.98. The van der Waals surface area contributed by atoms with Crippen LogP contribution in [0.3, 0.4) is 0 Å². The molecule has 19 heavy (non-hydrogen) atoms. The van der Waals surface area contributed by atoms with Crippen molar-refractivity contribution in [2.45, 2.75) is 91.9 Å². The van der Waals surface area contributed by atoms with Gasteiger partial charge >= 0.3 is 0 Å². The van der Waals surface area contributed by atoms with E-state index in [1.807, 2.05) is 0 Å². The number of rotatable bonds is 14. The van der Waals surface area contributed by atoms with Crippen molar-refractivity contribution in [3.63, 3.8) is 0 Å². The van der Waals surface area contributed by atoms with Crippen LogP contribution < -0.4 is 0 Å². The predicted molar refractivity (Wildman–Crippen MR) is 95.3 cm³/mol. The molecular weight excluding hydrogens is 247 g/mol. The van der Waals surface area contributed by atoms with Crippen molar-refractivity contribution in [1.82, 2.24) is 0 Å². The van der Waals surface area contributed by atoms with Gasteiger partial charge in [0, 0.05) is 7.26 Å². The lowest BCUT2D eigenvalue weighted by molar-refractivity contribution is 0.602. The Bertz CT molecular complexity index is 160. The molecule has 0 aromatic rings. The summed E-state index contributed by atoms with van der Waals surface area (Å²) in [6, 6.07) is 0. The van der Waals surface area contributed by atoms with Crippen LogP contribution in [-0.2, 0) is 0 Å². The third kappa shape index (κ3) is 9.89. The maximum atomic E-state index is 2.39. The molecule has 0 nitrogen and oxygen atoms in total. The lowest BCUT2D eigenvalue weighted by Gasteiger charge is -2.27. The molecule has 0 aliphatic rings. The van der Waals surface area contributed by atoms with Crippen LogP contribution in [0.15, 0.2) is 0 Å². The maximum absolute atomic E-state index is 2.39. The minimum atomic E-state index is -0.558. The zero-order valence-electron chi connectivity index (χ0n) is 14.3. The Morgan fingerprint density at radius 3 is 1.26 bits per heavy atom. The van der Waals surface area contributed by atoms with Crippen molar-refractivity contribution in [2.24, 2.45) is 0 Å². The van der Waals surface area contributed by atoms with Crippen LogP contribution in [0.1, 0.15) is 91.9 Å². The van der Waals surface area contributed by atoms with Gasteiger partial charge in [-0.05, 0) is 32.1 Å². The quantitative estimate of drug-likeness (QED) is 0.239. The first-order valence-corrected chi connectivity index (χ1v) is 11.6. The molecular formula is C18H40P+. The molecule has 0 atom stereocenters. The van der Waals surface area contributed by atoms with E-state index in [4.69, 9.17) is 0 Å². The Balaban J connectivity index is 3.89. The molecule has 0 spiro atoms. The van der Waals surface area contributed by atoms with Gasteiger partial charge in [-0.15, -0.1) is 0 Å². The van der Waals surface area contributed by atoms with E-state index in [-0.39, 0.29) is 0 Å². The molecule has 0 fully saturated rings. The van der Waals surface area contributed by atoms with E-state index < -0.39 is 7.26 Å². The fourth-order valence-electron chi connectivity index (χ4n) is 3.50. The topological polar surface area (TPSA) is 0 Å². The molecule has 0 saturated carbocycles. The second kappa shape index (κ2) is 13.4. The standard InChI is InChI=1S/C18H40P/c1-5-9-10-11-12-13-14-18-19(15-6-2,16-7-3)17-8-4/h5-18H2,1-4H3/q+1. The summed E-state index contributed by atoms with van der Waals surface area (Å²) < 4.78 is 0. The van der Waals surface area contributed by atoms with Gasteiger partial charge in [0.15, 0.2) is 0 Å². The molecule has 0 aromatic heterocycles. The average Bonchev–Trinajstić information content (AvgIpc) is 2.39. The van der Waals surface area contributed by atoms with E-state index in [1.165, 1.54) is 64.2 Å². The van der Waals surface area contributed by atoms with Crippen LogP contribution in [0.4, 0.5) is 0 Å². The Kier molecular flexibility index (Phi) is 13.7. The Labute approximate surface area is 124 Å². The van der Waals surface area contributed by atoms with Crippen LogP contribution in [0.25, 0.3) is 0 Å². The summed E-state index contributed by atoms with van der Waals surface area (Å²) >= 11 is 0. The first-order valence-electron chi connectivity index (χ1n) is 9.09. The average molecular weight is 287 g/mol. The largest absolute Gasteiger partial charge is 0.0654 e. The Morgan fingerprint density at radius 1 is 0.421 bits per heavy atom. The molecule has 0 unspecified atom stereocenters. The highest BCUT2D eigenvalue weighted by Crippen LogP contribution is 2.60. The van der Waals surface area contributed by atoms with Gasteiger partial charge in [0.25, 0.3) is 0 Å². The second-order valence-electron chi connectivity index (χ2n) is 6.36. The van der Waals surface area contributed by atoms with Gasteiger partial charge in [-0.25, -0.2) is 0 Å². The smallest absolute Gasteiger partial charge is 0.0594 e. The second-order valence-corrected chi connectivity index (χ2v) is 10.8. The Hall–Kier alpha value is 0.430.